The van der Waals surface area contributed by atoms with Crippen LogP contribution < -0.4 is 5.73 Å². The first-order valence-electron chi connectivity index (χ1n) is 7.28. The van der Waals surface area contributed by atoms with E-state index in [-0.39, 0.29) is 0 Å². The summed E-state index contributed by atoms with van der Waals surface area (Å²) in [5.74, 6) is 2.09. The van der Waals surface area contributed by atoms with Crippen LogP contribution in [-0.2, 0) is 6.42 Å². The smallest absolute Gasteiger partial charge is 0.0452 e. The molecule has 0 aromatic heterocycles. The zero-order valence-corrected chi connectivity index (χ0v) is 13.1. The second-order valence-electron chi connectivity index (χ2n) is 5.75. The van der Waals surface area contributed by atoms with Gasteiger partial charge in [0.25, 0.3) is 0 Å². The van der Waals surface area contributed by atoms with Crippen LogP contribution in [0.3, 0.4) is 0 Å². The Morgan fingerprint density at radius 1 is 1.16 bits per heavy atom. The Balaban J connectivity index is 2.14. The van der Waals surface area contributed by atoms with Crippen molar-refractivity contribution in [2.24, 2.45) is 23.5 Å². The molecule has 0 radical (unpaired) electrons. The van der Waals surface area contributed by atoms with Gasteiger partial charge in [0.2, 0.25) is 0 Å². The van der Waals surface area contributed by atoms with E-state index >= 15 is 0 Å². The summed E-state index contributed by atoms with van der Waals surface area (Å²) < 4.78 is 0. The summed E-state index contributed by atoms with van der Waals surface area (Å²) in [5, 5.41) is 1.59. The van der Waals surface area contributed by atoms with Gasteiger partial charge in [-0.15, -0.1) is 0 Å². The summed E-state index contributed by atoms with van der Waals surface area (Å²) in [6.07, 6.45) is 6.08. The molecule has 0 heterocycles. The minimum atomic E-state index is 0.620. The minimum Gasteiger partial charge on any atom is -0.330 e. The molecule has 106 valence electrons. The van der Waals surface area contributed by atoms with E-state index in [1.54, 1.807) is 0 Å². The van der Waals surface area contributed by atoms with Crippen LogP contribution in [0.5, 0.6) is 0 Å². The normalized spacial score (nSPS) is 27.5. The van der Waals surface area contributed by atoms with Crippen LogP contribution >= 0.6 is 23.2 Å². The molecular formula is C16H23Cl2N. The largest absolute Gasteiger partial charge is 0.330 e. The number of nitrogens with two attached hydrogens (primary N) is 1. The molecule has 1 fully saturated rings. The van der Waals surface area contributed by atoms with Gasteiger partial charge in [-0.3, -0.25) is 0 Å². The molecule has 1 aromatic carbocycles. The van der Waals surface area contributed by atoms with Gasteiger partial charge in [0.1, 0.15) is 0 Å². The maximum atomic E-state index is 6.29. The van der Waals surface area contributed by atoms with Gasteiger partial charge in [-0.1, -0.05) is 49.0 Å². The molecule has 0 amide bonds. The van der Waals surface area contributed by atoms with Gasteiger partial charge >= 0.3 is 0 Å². The maximum absolute atomic E-state index is 6.29. The molecule has 1 aliphatic carbocycles. The summed E-state index contributed by atoms with van der Waals surface area (Å²) in [5.41, 5.74) is 7.05. The lowest BCUT2D eigenvalue weighted by Crippen LogP contribution is -2.31. The van der Waals surface area contributed by atoms with E-state index in [2.05, 4.69) is 6.92 Å². The first-order valence-corrected chi connectivity index (χ1v) is 8.04. The van der Waals surface area contributed by atoms with Crippen molar-refractivity contribution in [2.45, 2.75) is 39.0 Å². The molecule has 2 N–H and O–H groups in total. The van der Waals surface area contributed by atoms with Crippen molar-refractivity contribution < 1.29 is 0 Å². The van der Waals surface area contributed by atoms with Crippen molar-refractivity contribution in [3.63, 3.8) is 0 Å². The zero-order valence-electron chi connectivity index (χ0n) is 11.5. The van der Waals surface area contributed by atoms with Crippen LogP contribution in [0.4, 0.5) is 0 Å². The van der Waals surface area contributed by atoms with Crippen LogP contribution in [0.2, 0.25) is 10.0 Å². The number of rotatable bonds is 4. The molecule has 3 unspecified atom stereocenters. The molecule has 3 atom stereocenters. The quantitative estimate of drug-likeness (QED) is 0.837. The second kappa shape index (κ2) is 6.97. The van der Waals surface area contributed by atoms with Crippen LogP contribution in [-0.4, -0.2) is 6.54 Å². The average Bonchev–Trinajstić information content (AvgIpc) is 2.42. The second-order valence-corrected chi connectivity index (χ2v) is 6.56. The van der Waals surface area contributed by atoms with E-state index in [0.29, 0.717) is 11.8 Å². The van der Waals surface area contributed by atoms with E-state index in [1.165, 1.54) is 25.7 Å². The van der Waals surface area contributed by atoms with E-state index in [1.807, 2.05) is 18.2 Å². The van der Waals surface area contributed by atoms with Crippen molar-refractivity contribution in [1.82, 2.24) is 0 Å². The van der Waals surface area contributed by atoms with Gasteiger partial charge in [0.15, 0.2) is 0 Å². The molecule has 1 aliphatic rings. The Kier molecular flexibility index (Phi) is 5.56. The first-order chi connectivity index (χ1) is 9.15. The molecule has 0 saturated heterocycles. The summed E-state index contributed by atoms with van der Waals surface area (Å²) in [6, 6.07) is 5.77. The van der Waals surface area contributed by atoms with Gasteiger partial charge in [0, 0.05) is 10.0 Å². The fourth-order valence-electron chi connectivity index (χ4n) is 3.34. The van der Waals surface area contributed by atoms with Crippen molar-refractivity contribution in [3.05, 3.63) is 33.8 Å². The fourth-order valence-corrected chi connectivity index (χ4v) is 3.90. The third kappa shape index (κ3) is 3.65. The van der Waals surface area contributed by atoms with Gasteiger partial charge in [-0.25, -0.2) is 0 Å². The molecule has 1 aromatic rings. The van der Waals surface area contributed by atoms with Gasteiger partial charge in [-0.2, -0.15) is 0 Å². The molecular weight excluding hydrogens is 277 g/mol. The zero-order chi connectivity index (χ0) is 13.8. The fraction of sp³-hybridized carbons (Fsp3) is 0.625. The van der Waals surface area contributed by atoms with Crippen molar-refractivity contribution in [2.75, 3.05) is 6.54 Å². The van der Waals surface area contributed by atoms with E-state index in [0.717, 1.165) is 34.5 Å². The summed E-state index contributed by atoms with van der Waals surface area (Å²) in [6.45, 7) is 3.07. The van der Waals surface area contributed by atoms with E-state index in [9.17, 15) is 0 Å². The predicted octanol–water partition coefficient (Wildman–Crippen LogP) is 4.94. The molecule has 0 aliphatic heterocycles. The van der Waals surface area contributed by atoms with Crippen molar-refractivity contribution in [1.29, 1.82) is 0 Å². The highest BCUT2D eigenvalue weighted by atomic mass is 35.5. The van der Waals surface area contributed by atoms with Gasteiger partial charge in [-0.05, 0) is 61.3 Å². The molecule has 0 spiro atoms. The van der Waals surface area contributed by atoms with Crippen LogP contribution in [0.25, 0.3) is 0 Å². The van der Waals surface area contributed by atoms with Crippen LogP contribution in [0.15, 0.2) is 18.2 Å². The third-order valence-corrected chi connectivity index (χ3v) is 5.36. The highest BCUT2D eigenvalue weighted by Gasteiger charge is 2.29. The third-order valence-electron chi connectivity index (χ3n) is 4.66. The standard InChI is InChI=1S/C16H23Cl2N/c1-2-11-6-7-12(10-19)13(8-11)9-14-15(17)4-3-5-16(14)18/h3-5,11-13H,2,6-10,19H2,1H3. The Morgan fingerprint density at radius 2 is 1.84 bits per heavy atom. The SMILES string of the molecule is CCC1CCC(CN)C(Cc2c(Cl)cccc2Cl)C1. The molecule has 2 rings (SSSR count). The highest BCUT2D eigenvalue weighted by Crippen LogP contribution is 2.39. The van der Waals surface area contributed by atoms with E-state index in [4.69, 9.17) is 28.9 Å². The molecule has 1 saturated carbocycles. The number of benzene rings is 1. The Morgan fingerprint density at radius 3 is 2.42 bits per heavy atom. The highest BCUT2D eigenvalue weighted by molar-refractivity contribution is 6.35. The lowest BCUT2D eigenvalue weighted by Gasteiger charge is -2.35. The van der Waals surface area contributed by atoms with Crippen molar-refractivity contribution in [3.8, 4) is 0 Å². The molecule has 3 heteroatoms. The summed E-state index contributed by atoms with van der Waals surface area (Å²) in [4.78, 5) is 0. The number of hydrogen-bond donors (Lipinski definition) is 1. The Bertz CT molecular complexity index is 399. The lowest BCUT2D eigenvalue weighted by molar-refractivity contribution is 0.180. The van der Waals surface area contributed by atoms with Crippen LogP contribution in [0.1, 0.15) is 38.2 Å². The van der Waals surface area contributed by atoms with Gasteiger partial charge < -0.3 is 5.73 Å². The monoisotopic (exact) mass is 299 g/mol. The summed E-state index contributed by atoms with van der Waals surface area (Å²) in [7, 11) is 0. The molecule has 0 bridgehead atoms. The summed E-state index contributed by atoms with van der Waals surface area (Å²) >= 11 is 12.6. The van der Waals surface area contributed by atoms with E-state index < -0.39 is 0 Å². The minimum absolute atomic E-state index is 0.620. The number of hydrogen-bond acceptors (Lipinski definition) is 1. The Labute approximate surface area is 126 Å². The first kappa shape index (κ1) is 15.2. The average molecular weight is 300 g/mol. The predicted molar refractivity (Wildman–Crippen MR) is 83.8 cm³/mol. The van der Waals surface area contributed by atoms with Crippen molar-refractivity contribution >= 4 is 23.2 Å². The topological polar surface area (TPSA) is 26.0 Å². The lowest BCUT2D eigenvalue weighted by atomic mass is 9.71. The number of halogens is 2. The van der Waals surface area contributed by atoms with Crippen LogP contribution in [0, 0.1) is 17.8 Å². The molecule has 1 nitrogen and oxygen atoms in total. The van der Waals surface area contributed by atoms with Gasteiger partial charge in [0.05, 0.1) is 0 Å². The molecule has 19 heavy (non-hydrogen) atoms. The Hall–Kier alpha value is -0.240. The maximum Gasteiger partial charge on any atom is 0.0452 e.